The molecule has 1 aromatic carbocycles. The number of carbonyl (C=O) groups excluding carboxylic acids is 3. The molecule has 0 bridgehead atoms. The Morgan fingerprint density at radius 3 is 2.21 bits per heavy atom. The van der Waals surface area contributed by atoms with Gasteiger partial charge in [-0.15, -0.1) is 0 Å². The van der Waals surface area contributed by atoms with Crippen LogP contribution >= 0.6 is 0 Å². The molecule has 2 aliphatic rings. The van der Waals surface area contributed by atoms with Crippen LogP contribution in [0.15, 0.2) is 24.3 Å². The van der Waals surface area contributed by atoms with Crippen molar-refractivity contribution in [3.8, 4) is 5.75 Å². The molecule has 1 N–H and O–H groups in total. The molecule has 0 aromatic heterocycles. The lowest BCUT2D eigenvalue weighted by Gasteiger charge is -2.19. The molecule has 0 spiro atoms. The van der Waals surface area contributed by atoms with Crippen molar-refractivity contribution < 1.29 is 19.1 Å². The number of nitrogens with one attached hydrogen (secondary N) is 1. The number of benzene rings is 1. The minimum atomic E-state index is -0.174. The van der Waals surface area contributed by atoms with Gasteiger partial charge in [-0.1, -0.05) is 45.7 Å². The molecular weight excluding hydrogens is 368 g/mol. The quantitative estimate of drug-likeness (QED) is 0.564. The Bertz CT molecular complexity index is 727. The minimum Gasteiger partial charge on any atom is -0.492 e. The largest absolute Gasteiger partial charge is 0.492 e. The average Bonchev–Trinajstić information content (AvgIpc) is 2.94. The summed E-state index contributed by atoms with van der Waals surface area (Å²) in [4.78, 5) is 38.2. The molecule has 2 atom stereocenters. The number of carbonyl (C=O) groups is 3. The van der Waals surface area contributed by atoms with Crippen LogP contribution in [-0.2, 0) is 19.8 Å². The van der Waals surface area contributed by atoms with E-state index in [4.69, 9.17) is 4.74 Å². The van der Waals surface area contributed by atoms with Crippen LogP contribution < -0.4 is 10.1 Å². The minimum absolute atomic E-state index is 0.0884. The summed E-state index contributed by atoms with van der Waals surface area (Å²) in [6, 6.07) is 7.98. The van der Waals surface area contributed by atoms with E-state index in [2.05, 4.69) is 38.2 Å². The SMILES string of the molecule is CC(C)(C)c1ccc(OCCNC(=O)CCN2C(=O)[C@H]3CCCC[C@@H]3C2=O)cc1. The summed E-state index contributed by atoms with van der Waals surface area (Å²) in [5, 5.41) is 2.79. The van der Waals surface area contributed by atoms with Crippen LogP contribution in [0.5, 0.6) is 5.75 Å². The standard InChI is InChI=1S/C23H32N2O4/c1-23(2,3)16-8-10-17(11-9-16)29-15-13-24-20(26)12-14-25-21(27)18-6-4-5-7-19(18)22(25)28/h8-11,18-19H,4-7,12-15H2,1-3H3,(H,24,26)/t18-,19-/m0/s1. The zero-order chi connectivity index (χ0) is 21.0. The molecule has 0 unspecified atom stereocenters. The predicted octanol–water partition coefficient (Wildman–Crippen LogP) is 3.04. The smallest absolute Gasteiger partial charge is 0.233 e. The number of amides is 3. The topological polar surface area (TPSA) is 75.7 Å². The van der Waals surface area contributed by atoms with E-state index in [0.29, 0.717) is 13.2 Å². The van der Waals surface area contributed by atoms with Gasteiger partial charge in [0.1, 0.15) is 12.4 Å². The molecule has 1 heterocycles. The number of likely N-dealkylation sites (tertiary alicyclic amines) is 1. The zero-order valence-corrected chi connectivity index (χ0v) is 17.7. The number of ether oxygens (including phenoxy) is 1. The third kappa shape index (κ3) is 5.17. The van der Waals surface area contributed by atoms with E-state index in [-0.39, 0.29) is 47.9 Å². The molecule has 6 nitrogen and oxygen atoms in total. The Balaban J connectivity index is 1.36. The van der Waals surface area contributed by atoms with E-state index < -0.39 is 0 Å². The number of rotatable bonds is 7. The van der Waals surface area contributed by atoms with Gasteiger partial charge in [-0.05, 0) is 36.0 Å². The molecule has 6 heteroatoms. The lowest BCUT2D eigenvalue weighted by Crippen LogP contribution is -2.36. The summed E-state index contributed by atoms with van der Waals surface area (Å²) >= 11 is 0. The number of fused-ring (bicyclic) bond motifs is 1. The summed E-state index contributed by atoms with van der Waals surface area (Å²) in [7, 11) is 0. The highest BCUT2D eigenvalue weighted by Crippen LogP contribution is 2.37. The van der Waals surface area contributed by atoms with Crippen molar-refractivity contribution in [2.24, 2.45) is 11.8 Å². The van der Waals surface area contributed by atoms with Crippen molar-refractivity contribution in [3.05, 3.63) is 29.8 Å². The maximum atomic E-state index is 12.4. The maximum absolute atomic E-state index is 12.4. The van der Waals surface area contributed by atoms with E-state index in [1.54, 1.807) is 0 Å². The predicted molar refractivity (Wildman–Crippen MR) is 110 cm³/mol. The van der Waals surface area contributed by atoms with Crippen molar-refractivity contribution in [2.45, 2.75) is 58.3 Å². The molecule has 3 rings (SSSR count). The summed E-state index contributed by atoms with van der Waals surface area (Å²) in [6.45, 7) is 7.41. The highest BCUT2D eigenvalue weighted by atomic mass is 16.5. The second-order valence-electron chi connectivity index (χ2n) is 9.05. The third-order valence-electron chi connectivity index (χ3n) is 5.91. The molecule has 3 amide bonds. The van der Waals surface area contributed by atoms with Crippen molar-refractivity contribution in [1.82, 2.24) is 10.2 Å². The number of nitrogens with zero attached hydrogens (tertiary/aromatic N) is 1. The van der Waals surface area contributed by atoms with Gasteiger partial charge in [0.2, 0.25) is 17.7 Å². The van der Waals surface area contributed by atoms with Crippen LogP contribution in [0.4, 0.5) is 0 Å². The van der Waals surface area contributed by atoms with Crippen molar-refractivity contribution in [2.75, 3.05) is 19.7 Å². The summed E-state index contributed by atoms with van der Waals surface area (Å²) in [5.74, 6) is 0.106. The van der Waals surface area contributed by atoms with Gasteiger partial charge < -0.3 is 10.1 Å². The monoisotopic (exact) mass is 400 g/mol. The summed E-state index contributed by atoms with van der Waals surface area (Å²) in [6.07, 6.45) is 3.75. The van der Waals surface area contributed by atoms with Gasteiger partial charge >= 0.3 is 0 Å². The van der Waals surface area contributed by atoms with Crippen molar-refractivity contribution in [1.29, 1.82) is 0 Å². The normalized spacial score (nSPS) is 21.8. The summed E-state index contributed by atoms with van der Waals surface area (Å²) in [5.41, 5.74) is 1.34. The molecule has 1 aliphatic heterocycles. The van der Waals surface area contributed by atoms with E-state index in [1.807, 2.05) is 12.1 Å². The van der Waals surface area contributed by atoms with Gasteiger partial charge in [0.25, 0.3) is 0 Å². The Morgan fingerprint density at radius 1 is 1.07 bits per heavy atom. The van der Waals surface area contributed by atoms with Gasteiger partial charge in [0.05, 0.1) is 18.4 Å². The summed E-state index contributed by atoms with van der Waals surface area (Å²) < 4.78 is 5.67. The fraction of sp³-hybridized carbons (Fsp3) is 0.609. The number of imide groups is 1. The Hall–Kier alpha value is -2.37. The first-order valence-electron chi connectivity index (χ1n) is 10.6. The van der Waals surface area contributed by atoms with Crippen LogP contribution in [0, 0.1) is 11.8 Å². The maximum Gasteiger partial charge on any atom is 0.233 e. The molecule has 1 aromatic rings. The van der Waals surface area contributed by atoms with Crippen LogP contribution in [0.3, 0.4) is 0 Å². The van der Waals surface area contributed by atoms with Crippen molar-refractivity contribution >= 4 is 17.7 Å². The number of hydrogen-bond donors (Lipinski definition) is 1. The van der Waals surface area contributed by atoms with Crippen molar-refractivity contribution in [3.63, 3.8) is 0 Å². The van der Waals surface area contributed by atoms with Crippen LogP contribution in [0.25, 0.3) is 0 Å². The molecule has 29 heavy (non-hydrogen) atoms. The Morgan fingerprint density at radius 2 is 1.66 bits per heavy atom. The highest BCUT2D eigenvalue weighted by Gasteiger charge is 2.47. The Labute approximate surface area is 173 Å². The fourth-order valence-corrected chi connectivity index (χ4v) is 4.16. The molecule has 2 fully saturated rings. The fourth-order valence-electron chi connectivity index (χ4n) is 4.16. The average molecular weight is 401 g/mol. The lowest BCUT2D eigenvalue weighted by atomic mass is 9.81. The van der Waals surface area contributed by atoms with Gasteiger partial charge in [-0.25, -0.2) is 0 Å². The van der Waals surface area contributed by atoms with Gasteiger partial charge in [-0.2, -0.15) is 0 Å². The lowest BCUT2D eigenvalue weighted by molar-refractivity contribution is -0.140. The molecular formula is C23H32N2O4. The molecule has 0 radical (unpaired) electrons. The van der Waals surface area contributed by atoms with Crippen LogP contribution in [0.2, 0.25) is 0 Å². The number of hydrogen-bond acceptors (Lipinski definition) is 4. The van der Waals surface area contributed by atoms with Gasteiger partial charge in [0, 0.05) is 13.0 Å². The van der Waals surface area contributed by atoms with Gasteiger partial charge in [0.15, 0.2) is 0 Å². The van der Waals surface area contributed by atoms with E-state index in [0.717, 1.165) is 31.4 Å². The zero-order valence-electron chi connectivity index (χ0n) is 17.7. The van der Waals surface area contributed by atoms with Gasteiger partial charge in [-0.3, -0.25) is 19.3 Å². The van der Waals surface area contributed by atoms with Crippen LogP contribution in [0.1, 0.15) is 58.4 Å². The highest BCUT2D eigenvalue weighted by molar-refractivity contribution is 6.05. The first kappa shape index (κ1) is 21.3. The second-order valence-corrected chi connectivity index (χ2v) is 9.05. The van der Waals surface area contributed by atoms with E-state index in [1.165, 1.54) is 10.5 Å². The van der Waals surface area contributed by atoms with Crippen LogP contribution in [-0.4, -0.2) is 42.3 Å². The first-order chi connectivity index (χ1) is 13.8. The molecule has 1 saturated heterocycles. The molecule has 158 valence electrons. The second kappa shape index (κ2) is 8.97. The first-order valence-corrected chi connectivity index (χ1v) is 10.6. The van der Waals surface area contributed by atoms with E-state index in [9.17, 15) is 14.4 Å². The third-order valence-corrected chi connectivity index (χ3v) is 5.91. The Kier molecular flexibility index (Phi) is 6.60. The molecule has 1 saturated carbocycles. The van der Waals surface area contributed by atoms with E-state index >= 15 is 0 Å². The molecule has 1 aliphatic carbocycles.